The van der Waals surface area contributed by atoms with Crippen LogP contribution in [0.25, 0.3) is 0 Å². The summed E-state index contributed by atoms with van der Waals surface area (Å²) in [5.74, 6) is 1.78. The van der Waals surface area contributed by atoms with Gasteiger partial charge in [-0.2, -0.15) is 0 Å². The fraction of sp³-hybridized carbons (Fsp3) is 0.600. The zero-order valence-electron chi connectivity index (χ0n) is 10.7. The molecular formula is C15H21NO. The Morgan fingerprint density at radius 1 is 1.41 bits per heavy atom. The molecule has 2 saturated carbocycles. The fourth-order valence-electron chi connectivity index (χ4n) is 2.68. The largest absolute Gasteiger partial charge is 0.497 e. The Labute approximate surface area is 103 Å². The molecular weight excluding hydrogens is 210 g/mol. The van der Waals surface area contributed by atoms with Gasteiger partial charge in [-0.3, -0.25) is 0 Å². The number of methoxy groups -OCH3 is 1. The monoisotopic (exact) mass is 231 g/mol. The number of nitrogens with one attached hydrogen (secondary N) is 1. The van der Waals surface area contributed by atoms with E-state index >= 15 is 0 Å². The Kier molecular flexibility index (Phi) is 2.62. The summed E-state index contributed by atoms with van der Waals surface area (Å²) in [5.41, 5.74) is 1.80. The molecule has 0 heterocycles. The first-order valence-electron chi connectivity index (χ1n) is 6.60. The van der Waals surface area contributed by atoms with E-state index in [-0.39, 0.29) is 0 Å². The van der Waals surface area contributed by atoms with Gasteiger partial charge in [-0.15, -0.1) is 0 Å². The lowest BCUT2D eigenvalue weighted by Gasteiger charge is -2.13. The molecule has 2 atom stereocenters. The van der Waals surface area contributed by atoms with E-state index in [1.165, 1.54) is 31.4 Å². The lowest BCUT2D eigenvalue weighted by molar-refractivity contribution is 0.413. The zero-order chi connectivity index (χ0) is 11.9. The molecule has 2 heteroatoms. The van der Waals surface area contributed by atoms with Gasteiger partial charge in [-0.1, -0.05) is 19.1 Å². The van der Waals surface area contributed by atoms with Crippen molar-refractivity contribution in [3.05, 3.63) is 29.8 Å². The summed E-state index contributed by atoms with van der Waals surface area (Å²) in [6, 6.07) is 9.37. The van der Waals surface area contributed by atoms with Crippen LogP contribution in [0.3, 0.4) is 0 Å². The van der Waals surface area contributed by atoms with Crippen LogP contribution in [-0.2, 0) is 5.41 Å². The number of rotatable bonds is 5. The Morgan fingerprint density at radius 3 is 2.94 bits per heavy atom. The summed E-state index contributed by atoms with van der Waals surface area (Å²) < 4.78 is 5.31. The van der Waals surface area contributed by atoms with Crippen LogP contribution in [0.2, 0.25) is 0 Å². The van der Waals surface area contributed by atoms with Crippen molar-refractivity contribution in [3.63, 3.8) is 0 Å². The summed E-state index contributed by atoms with van der Waals surface area (Å²) in [6.07, 6.45) is 4.06. The predicted octanol–water partition coefficient (Wildman–Crippen LogP) is 2.72. The maximum Gasteiger partial charge on any atom is 0.119 e. The molecule has 2 aliphatic rings. The SMILES string of the molecule is COc1cccc(C2(C)CC2CNC2CC2)c1. The van der Waals surface area contributed by atoms with Crippen molar-refractivity contribution in [3.8, 4) is 5.75 Å². The standard InChI is InChI=1S/C15H21NO/c1-15(9-12(15)10-16-13-6-7-13)11-4-3-5-14(8-11)17-2/h3-5,8,12-13,16H,6-7,9-10H2,1-2H3. The molecule has 0 bridgehead atoms. The van der Waals surface area contributed by atoms with Gasteiger partial charge in [0.1, 0.15) is 5.75 Å². The van der Waals surface area contributed by atoms with E-state index < -0.39 is 0 Å². The van der Waals surface area contributed by atoms with Gasteiger partial charge in [-0.25, -0.2) is 0 Å². The number of ether oxygens (including phenoxy) is 1. The van der Waals surface area contributed by atoms with Crippen LogP contribution in [0.4, 0.5) is 0 Å². The summed E-state index contributed by atoms with van der Waals surface area (Å²) in [5, 5.41) is 3.64. The van der Waals surface area contributed by atoms with Crippen molar-refractivity contribution in [2.45, 2.75) is 37.6 Å². The molecule has 0 amide bonds. The first kappa shape index (κ1) is 11.1. The van der Waals surface area contributed by atoms with E-state index in [0.29, 0.717) is 5.41 Å². The Bertz CT molecular complexity index is 413. The second-order valence-corrected chi connectivity index (χ2v) is 5.73. The molecule has 0 spiro atoms. The van der Waals surface area contributed by atoms with Crippen LogP contribution in [0.1, 0.15) is 31.7 Å². The van der Waals surface area contributed by atoms with Crippen LogP contribution in [0.15, 0.2) is 24.3 Å². The van der Waals surface area contributed by atoms with Crippen molar-refractivity contribution in [1.82, 2.24) is 5.32 Å². The fourth-order valence-corrected chi connectivity index (χ4v) is 2.68. The van der Waals surface area contributed by atoms with Gasteiger partial charge in [0.25, 0.3) is 0 Å². The lowest BCUT2D eigenvalue weighted by atomic mass is 9.95. The van der Waals surface area contributed by atoms with Crippen LogP contribution >= 0.6 is 0 Å². The number of hydrogen-bond acceptors (Lipinski definition) is 2. The second kappa shape index (κ2) is 4.02. The van der Waals surface area contributed by atoms with E-state index in [1.54, 1.807) is 7.11 Å². The van der Waals surface area contributed by atoms with Gasteiger partial charge in [0.15, 0.2) is 0 Å². The van der Waals surface area contributed by atoms with E-state index in [1.807, 2.05) is 6.07 Å². The molecule has 0 aliphatic heterocycles. The van der Waals surface area contributed by atoms with Crippen molar-refractivity contribution in [2.75, 3.05) is 13.7 Å². The smallest absolute Gasteiger partial charge is 0.119 e. The summed E-state index contributed by atoms with van der Waals surface area (Å²) in [4.78, 5) is 0. The zero-order valence-corrected chi connectivity index (χ0v) is 10.7. The topological polar surface area (TPSA) is 21.3 Å². The molecule has 2 unspecified atom stereocenters. The normalized spacial score (nSPS) is 31.3. The van der Waals surface area contributed by atoms with Crippen LogP contribution in [0.5, 0.6) is 5.75 Å². The Hall–Kier alpha value is -1.02. The minimum absolute atomic E-state index is 0.371. The highest BCUT2D eigenvalue weighted by molar-refractivity contribution is 5.38. The Balaban J connectivity index is 1.66. The molecule has 17 heavy (non-hydrogen) atoms. The predicted molar refractivity (Wildman–Crippen MR) is 69.5 cm³/mol. The van der Waals surface area contributed by atoms with Crippen LogP contribution in [-0.4, -0.2) is 19.7 Å². The van der Waals surface area contributed by atoms with Crippen molar-refractivity contribution < 1.29 is 4.74 Å². The van der Waals surface area contributed by atoms with Crippen molar-refractivity contribution in [1.29, 1.82) is 0 Å². The highest BCUT2D eigenvalue weighted by Gasteiger charge is 2.51. The highest BCUT2D eigenvalue weighted by atomic mass is 16.5. The quantitative estimate of drug-likeness (QED) is 0.841. The second-order valence-electron chi connectivity index (χ2n) is 5.73. The molecule has 1 aromatic rings. The van der Waals surface area contributed by atoms with E-state index in [2.05, 4.69) is 30.4 Å². The highest BCUT2D eigenvalue weighted by Crippen LogP contribution is 2.54. The van der Waals surface area contributed by atoms with E-state index in [0.717, 1.165) is 17.7 Å². The first-order chi connectivity index (χ1) is 8.22. The third-order valence-electron chi connectivity index (χ3n) is 4.37. The third kappa shape index (κ3) is 2.19. The molecule has 1 aromatic carbocycles. The molecule has 3 rings (SSSR count). The van der Waals surface area contributed by atoms with Crippen LogP contribution < -0.4 is 10.1 Å². The van der Waals surface area contributed by atoms with Crippen molar-refractivity contribution >= 4 is 0 Å². The molecule has 2 fully saturated rings. The van der Waals surface area contributed by atoms with E-state index in [9.17, 15) is 0 Å². The molecule has 0 saturated heterocycles. The van der Waals surface area contributed by atoms with Gasteiger partial charge in [0.2, 0.25) is 0 Å². The number of benzene rings is 1. The summed E-state index contributed by atoms with van der Waals surface area (Å²) >= 11 is 0. The maximum atomic E-state index is 5.31. The molecule has 0 aromatic heterocycles. The number of hydrogen-bond donors (Lipinski definition) is 1. The minimum atomic E-state index is 0.371. The third-order valence-corrected chi connectivity index (χ3v) is 4.37. The summed E-state index contributed by atoms with van der Waals surface area (Å²) in [6.45, 7) is 3.55. The molecule has 1 N–H and O–H groups in total. The lowest BCUT2D eigenvalue weighted by Crippen LogP contribution is -2.22. The molecule has 2 nitrogen and oxygen atoms in total. The van der Waals surface area contributed by atoms with Gasteiger partial charge in [0.05, 0.1) is 7.11 Å². The van der Waals surface area contributed by atoms with Gasteiger partial charge in [-0.05, 0) is 54.8 Å². The maximum absolute atomic E-state index is 5.31. The first-order valence-corrected chi connectivity index (χ1v) is 6.60. The Morgan fingerprint density at radius 2 is 2.24 bits per heavy atom. The summed E-state index contributed by atoms with van der Waals surface area (Å²) in [7, 11) is 1.74. The van der Waals surface area contributed by atoms with E-state index in [4.69, 9.17) is 4.74 Å². The average molecular weight is 231 g/mol. The molecule has 2 aliphatic carbocycles. The molecule has 92 valence electrons. The van der Waals surface area contributed by atoms with Gasteiger partial charge < -0.3 is 10.1 Å². The minimum Gasteiger partial charge on any atom is -0.497 e. The van der Waals surface area contributed by atoms with Gasteiger partial charge in [0, 0.05) is 6.04 Å². The van der Waals surface area contributed by atoms with Crippen molar-refractivity contribution in [2.24, 2.45) is 5.92 Å². The van der Waals surface area contributed by atoms with Gasteiger partial charge >= 0.3 is 0 Å². The average Bonchev–Trinajstić information content (AvgIpc) is 3.24. The molecule has 0 radical (unpaired) electrons. The van der Waals surface area contributed by atoms with Crippen LogP contribution in [0, 0.1) is 5.92 Å².